The van der Waals surface area contributed by atoms with Crippen LogP contribution >= 0.6 is 0 Å². The van der Waals surface area contributed by atoms with Crippen molar-refractivity contribution >= 4 is 0 Å². The molecule has 2 rings (SSSR count). The van der Waals surface area contributed by atoms with Gasteiger partial charge in [0.2, 0.25) is 0 Å². The van der Waals surface area contributed by atoms with Gasteiger partial charge in [-0.3, -0.25) is 0 Å². The molecule has 0 bridgehead atoms. The summed E-state index contributed by atoms with van der Waals surface area (Å²) in [6.45, 7) is 0.692. The minimum absolute atomic E-state index is 0.227. The average molecular weight is 179 g/mol. The Bertz CT molecular complexity index is 354. The Morgan fingerprint density at radius 2 is 2.46 bits per heavy atom. The van der Waals surface area contributed by atoms with Crippen LogP contribution in [0.3, 0.4) is 0 Å². The van der Waals surface area contributed by atoms with Gasteiger partial charge in [0.15, 0.2) is 0 Å². The van der Waals surface area contributed by atoms with Crippen LogP contribution in [-0.4, -0.2) is 17.0 Å². The van der Waals surface area contributed by atoms with E-state index in [9.17, 15) is 4.79 Å². The van der Waals surface area contributed by atoms with Gasteiger partial charge in [0.25, 0.3) is 0 Å². The Kier molecular flexibility index (Phi) is 2.14. The Labute approximate surface area is 76.4 Å². The van der Waals surface area contributed by atoms with Crippen molar-refractivity contribution in [2.24, 2.45) is 0 Å². The molecule has 1 aliphatic rings. The van der Waals surface area contributed by atoms with E-state index in [1.165, 1.54) is 12.8 Å². The largest absolute Gasteiger partial charge is 0.345 e. The highest BCUT2D eigenvalue weighted by molar-refractivity contribution is 5.16. The van der Waals surface area contributed by atoms with Gasteiger partial charge in [-0.25, -0.2) is 4.79 Å². The van der Waals surface area contributed by atoms with E-state index in [0.717, 1.165) is 11.4 Å². The van der Waals surface area contributed by atoms with E-state index < -0.39 is 0 Å². The van der Waals surface area contributed by atoms with Crippen LogP contribution < -0.4 is 11.0 Å². The molecule has 0 saturated heterocycles. The Morgan fingerprint density at radius 1 is 1.69 bits per heavy atom. The zero-order valence-corrected chi connectivity index (χ0v) is 7.63. The monoisotopic (exact) mass is 179 g/mol. The molecule has 2 N–H and O–H groups in total. The summed E-state index contributed by atoms with van der Waals surface area (Å²) in [6, 6.07) is 1.98. The lowest BCUT2D eigenvalue weighted by Crippen LogP contribution is -2.18. The van der Waals surface area contributed by atoms with Gasteiger partial charge >= 0.3 is 5.69 Å². The molecule has 4 heteroatoms. The molecule has 0 aliphatic heterocycles. The minimum Gasteiger partial charge on any atom is -0.314 e. The van der Waals surface area contributed by atoms with Crippen molar-refractivity contribution in [1.82, 2.24) is 15.3 Å². The van der Waals surface area contributed by atoms with Crippen molar-refractivity contribution in [2.45, 2.75) is 25.3 Å². The standard InChI is InChI=1S/C9H13N3O/c1-10-5-7-4-8(6-2-3-6)12-9(13)11-7/h4,6,10H,2-3,5H2,1H3,(H,11,12,13). The summed E-state index contributed by atoms with van der Waals surface area (Å²) in [6.07, 6.45) is 2.35. The fraction of sp³-hybridized carbons (Fsp3) is 0.556. The molecule has 70 valence electrons. The zero-order valence-electron chi connectivity index (χ0n) is 7.63. The van der Waals surface area contributed by atoms with Crippen LogP contribution in [0.15, 0.2) is 10.9 Å². The second kappa shape index (κ2) is 3.30. The third kappa shape index (κ3) is 1.95. The van der Waals surface area contributed by atoms with Crippen molar-refractivity contribution < 1.29 is 0 Å². The number of aromatic amines is 1. The highest BCUT2D eigenvalue weighted by Gasteiger charge is 2.25. The van der Waals surface area contributed by atoms with E-state index >= 15 is 0 Å². The number of hydrogen-bond acceptors (Lipinski definition) is 3. The number of hydrogen-bond donors (Lipinski definition) is 2. The zero-order chi connectivity index (χ0) is 9.26. The van der Waals surface area contributed by atoms with Gasteiger partial charge in [-0.2, -0.15) is 4.98 Å². The molecule has 4 nitrogen and oxygen atoms in total. The van der Waals surface area contributed by atoms with Crippen LogP contribution in [0.5, 0.6) is 0 Å². The lowest BCUT2D eigenvalue weighted by atomic mass is 10.2. The SMILES string of the molecule is CNCc1cc(C2CC2)nc(=O)[nH]1. The maximum Gasteiger partial charge on any atom is 0.345 e. The first-order chi connectivity index (χ1) is 6.29. The maximum atomic E-state index is 11.1. The topological polar surface area (TPSA) is 57.8 Å². The van der Waals surface area contributed by atoms with Crippen molar-refractivity contribution in [1.29, 1.82) is 0 Å². The highest BCUT2D eigenvalue weighted by Crippen LogP contribution is 2.38. The van der Waals surface area contributed by atoms with E-state index in [2.05, 4.69) is 15.3 Å². The summed E-state index contributed by atoms with van der Waals surface area (Å²) >= 11 is 0. The molecule has 1 fully saturated rings. The third-order valence-electron chi connectivity index (χ3n) is 2.18. The third-order valence-corrected chi connectivity index (χ3v) is 2.18. The number of rotatable bonds is 3. The van der Waals surface area contributed by atoms with Crippen LogP contribution in [0.25, 0.3) is 0 Å². The molecule has 13 heavy (non-hydrogen) atoms. The molecule has 0 unspecified atom stereocenters. The van der Waals surface area contributed by atoms with E-state index in [1.54, 1.807) is 0 Å². The molecule has 0 atom stereocenters. The summed E-state index contributed by atoms with van der Waals surface area (Å²) in [5.74, 6) is 0.540. The number of aromatic nitrogens is 2. The predicted molar refractivity (Wildman–Crippen MR) is 49.6 cm³/mol. The molecule has 1 aromatic heterocycles. The van der Waals surface area contributed by atoms with E-state index in [1.807, 2.05) is 13.1 Å². The summed E-state index contributed by atoms with van der Waals surface area (Å²) < 4.78 is 0. The van der Waals surface area contributed by atoms with Crippen LogP contribution in [0.1, 0.15) is 30.1 Å². The Hall–Kier alpha value is -1.16. The molecule has 0 amide bonds. The van der Waals surface area contributed by atoms with Crippen molar-refractivity contribution in [3.63, 3.8) is 0 Å². The van der Waals surface area contributed by atoms with Crippen LogP contribution in [0.4, 0.5) is 0 Å². The fourth-order valence-electron chi connectivity index (χ4n) is 1.40. The summed E-state index contributed by atoms with van der Waals surface area (Å²) in [7, 11) is 1.86. The molecule has 0 radical (unpaired) electrons. The van der Waals surface area contributed by atoms with Gasteiger partial charge in [0, 0.05) is 18.2 Å². The van der Waals surface area contributed by atoms with Crippen LogP contribution in [0, 0.1) is 0 Å². The molecule has 1 aliphatic carbocycles. The molecule has 0 spiro atoms. The second-order valence-electron chi connectivity index (χ2n) is 3.44. The Morgan fingerprint density at radius 3 is 3.08 bits per heavy atom. The van der Waals surface area contributed by atoms with Gasteiger partial charge in [-0.1, -0.05) is 0 Å². The Balaban J connectivity index is 2.30. The molecule has 1 aromatic rings. The van der Waals surface area contributed by atoms with Gasteiger partial charge in [-0.15, -0.1) is 0 Å². The molecule has 0 aromatic carbocycles. The van der Waals surface area contributed by atoms with E-state index in [0.29, 0.717) is 12.5 Å². The quantitative estimate of drug-likeness (QED) is 0.704. The second-order valence-corrected chi connectivity index (χ2v) is 3.44. The first kappa shape index (κ1) is 8.44. The summed E-state index contributed by atoms with van der Waals surface area (Å²) in [4.78, 5) is 17.8. The lowest BCUT2D eigenvalue weighted by Gasteiger charge is -2.01. The number of nitrogens with zero attached hydrogens (tertiary/aromatic N) is 1. The normalized spacial score (nSPS) is 16.1. The lowest BCUT2D eigenvalue weighted by molar-refractivity contribution is 0.769. The first-order valence-corrected chi connectivity index (χ1v) is 4.54. The highest BCUT2D eigenvalue weighted by atomic mass is 16.1. The van der Waals surface area contributed by atoms with Crippen molar-refractivity contribution in [2.75, 3.05) is 7.05 Å². The molecule has 1 saturated carbocycles. The van der Waals surface area contributed by atoms with Crippen molar-refractivity contribution in [3.05, 3.63) is 27.9 Å². The van der Waals surface area contributed by atoms with Gasteiger partial charge in [-0.05, 0) is 26.0 Å². The molecular weight excluding hydrogens is 166 g/mol. The van der Waals surface area contributed by atoms with Gasteiger partial charge < -0.3 is 10.3 Å². The smallest absolute Gasteiger partial charge is 0.314 e. The van der Waals surface area contributed by atoms with Gasteiger partial charge in [0.1, 0.15) is 0 Å². The van der Waals surface area contributed by atoms with E-state index in [4.69, 9.17) is 0 Å². The maximum absolute atomic E-state index is 11.1. The van der Waals surface area contributed by atoms with Crippen molar-refractivity contribution in [3.8, 4) is 0 Å². The molecule has 1 heterocycles. The fourth-order valence-corrected chi connectivity index (χ4v) is 1.40. The first-order valence-electron chi connectivity index (χ1n) is 4.54. The average Bonchev–Trinajstić information content (AvgIpc) is 2.85. The minimum atomic E-state index is -0.227. The van der Waals surface area contributed by atoms with Crippen LogP contribution in [-0.2, 0) is 6.54 Å². The molecular formula is C9H13N3O. The summed E-state index contributed by atoms with van der Waals surface area (Å²) in [5.41, 5.74) is 1.65. The van der Waals surface area contributed by atoms with E-state index in [-0.39, 0.29) is 5.69 Å². The van der Waals surface area contributed by atoms with Crippen LogP contribution in [0.2, 0.25) is 0 Å². The van der Waals surface area contributed by atoms with Gasteiger partial charge in [0.05, 0.1) is 5.69 Å². The summed E-state index contributed by atoms with van der Waals surface area (Å²) in [5, 5.41) is 3.00. The predicted octanol–water partition coefficient (Wildman–Crippen LogP) is 0.367. The number of H-pyrrole nitrogens is 1. The number of nitrogens with one attached hydrogen (secondary N) is 2.